The summed E-state index contributed by atoms with van der Waals surface area (Å²) in [4.78, 5) is 11.9. The van der Waals surface area contributed by atoms with Crippen molar-refractivity contribution >= 4 is 23.7 Å². The molecule has 0 bridgehead atoms. The highest BCUT2D eigenvalue weighted by molar-refractivity contribution is 6.32. The number of benzene rings is 2. The van der Waals surface area contributed by atoms with E-state index in [0.717, 1.165) is 12.1 Å². The number of amides is 1. The summed E-state index contributed by atoms with van der Waals surface area (Å²) in [5.74, 6) is -2.97. The quantitative estimate of drug-likeness (QED) is 0.331. The molecule has 0 atom stereocenters. The molecule has 0 fully saturated rings. The van der Waals surface area contributed by atoms with Crippen molar-refractivity contribution in [1.29, 1.82) is 0 Å². The fourth-order valence-corrected chi connectivity index (χ4v) is 2.24. The number of aromatic hydroxyl groups is 4. The van der Waals surface area contributed by atoms with Gasteiger partial charge in [0.1, 0.15) is 5.75 Å². The summed E-state index contributed by atoms with van der Waals surface area (Å²) in [6.07, 6.45) is 1.21. The molecule has 0 aromatic heterocycles. The van der Waals surface area contributed by atoms with Gasteiger partial charge in [-0.2, -0.15) is 5.10 Å². The Morgan fingerprint density at radius 2 is 1.79 bits per heavy atom. The Labute approximate surface area is 142 Å². The van der Waals surface area contributed by atoms with Gasteiger partial charge in [-0.15, -0.1) is 0 Å². The van der Waals surface area contributed by atoms with Gasteiger partial charge in [0, 0.05) is 10.6 Å². The standard InChI is InChI=1S/C16H15ClN2O5/c1-7-5-12(21)10(8(2)13(7)17)6-18-19-16(24)9-3-4-11(20)15(23)14(9)22/h3-6,20-23H,1-2H3,(H,19,24). The summed E-state index contributed by atoms with van der Waals surface area (Å²) in [5.41, 5.74) is 3.51. The van der Waals surface area contributed by atoms with Crippen LogP contribution in [0.2, 0.25) is 5.02 Å². The Kier molecular flexibility index (Phi) is 4.85. The molecule has 0 saturated heterocycles. The van der Waals surface area contributed by atoms with Crippen molar-refractivity contribution in [3.63, 3.8) is 0 Å². The highest BCUT2D eigenvalue weighted by Crippen LogP contribution is 2.36. The topological polar surface area (TPSA) is 122 Å². The minimum atomic E-state index is -0.811. The minimum absolute atomic E-state index is 0.0440. The Hall–Kier alpha value is -2.93. The van der Waals surface area contributed by atoms with Gasteiger partial charge in [0.05, 0.1) is 11.8 Å². The third kappa shape index (κ3) is 3.21. The number of phenolic OH excluding ortho intramolecular Hbond substituents is 4. The SMILES string of the molecule is Cc1cc(O)c(C=NNC(=O)c2ccc(O)c(O)c2O)c(C)c1Cl. The van der Waals surface area contributed by atoms with Crippen LogP contribution in [0.4, 0.5) is 0 Å². The van der Waals surface area contributed by atoms with Crippen molar-refractivity contribution in [2.75, 3.05) is 0 Å². The highest BCUT2D eigenvalue weighted by Gasteiger charge is 2.17. The van der Waals surface area contributed by atoms with E-state index in [1.807, 2.05) is 0 Å². The van der Waals surface area contributed by atoms with Gasteiger partial charge in [0.25, 0.3) is 5.91 Å². The third-order valence-electron chi connectivity index (χ3n) is 3.44. The molecule has 0 radical (unpaired) electrons. The van der Waals surface area contributed by atoms with E-state index in [2.05, 4.69) is 10.5 Å². The number of hydrazone groups is 1. The number of carbonyl (C=O) groups is 1. The van der Waals surface area contributed by atoms with Crippen LogP contribution >= 0.6 is 11.6 Å². The Balaban J connectivity index is 2.23. The van der Waals surface area contributed by atoms with Gasteiger partial charge in [-0.3, -0.25) is 4.79 Å². The Bertz CT molecular complexity index is 849. The lowest BCUT2D eigenvalue weighted by Gasteiger charge is -2.09. The average molecular weight is 351 g/mol. The second-order valence-corrected chi connectivity index (χ2v) is 5.47. The van der Waals surface area contributed by atoms with Crippen molar-refractivity contribution in [1.82, 2.24) is 5.43 Å². The van der Waals surface area contributed by atoms with E-state index >= 15 is 0 Å². The molecule has 0 spiro atoms. The number of nitrogens with zero attached hydrogens (tertiary/aromatic N) is 1. The molecule has 0 aliphatic rings. The van der Waals surface area contributed by atoms with Crippen molar-refractivity contribution in [3.05, 3.63) is 45.5 Å². The van der Waals surface area contributed by atoms with Gasteiger partial charge < -0.3 is 20.4 Å². The highest BCUT2D eigenvalue weighted by atomic mass is 35.5. The second kappa shape index (κ2) is 6.67. The molecule has 5 N–H and O–H groups in total. The Morgan fingerprint density at radius 3 is 2.46 bits per heavy atom. The first-order valence-electron chi connectivity index (χ1n) is 6.80. The average Bonchev–Trinajstić information content (AvgIpc) is 2.53. The van der Waals surface area contributed by atoms with E-state index in [-0.39, 0.29) is 11.3 Å². The third-order valence-corrected chi connectivity index (χ3v) is 4.02. The van der Waals surface area contributed by atoms with Gasteiger partial charge in [-0.25, -0.2) is 5.43 Å². The summed E-state index contributed by atoms with van der Waals surface area (Å²) in [7, 11) is 0. The number of hydrogen-bond acceptors (Lipinski definition) is 6. The smallest absolute Gasteiger partial charge is 0.275 e. The minimum Gasteiger partial charge on any atom is -0.507 e. The fourth-order valence-electron chi connectivity index (χ4n) is 2.08. The van der Waals surface area contributed by atoms with Crippen LogP contribution in [0.25, 0.3) is 0 Å². The van der Waals surface area contributed by atoms with Crippen LogP contribution in [0.3, 0.4) is 0 Å². The largest absolute Gasteiger partial charge is 0.507 e. The molecular weight excluding hydrogens is 336 g/mol. The molecule has 2 rings (SSSR count). The maximum absolute atomic E-state index is 11.9. The van der Waals surface area contributed by atoms with Gasteiger partial charge in [0.15, 0.2) is 11.5 Å². The van der Waals surface area contributed by atoms with Gasteiger partial charge >= 0.3 is 0 Å². The zero-order valence-electron chi connectivity index (χ0n) is 12.8. The second-order valence-electron chi connectivity index (χ2n) is 5.09. The van der Waals surface area contributed by atoms with Crippen LogP contribution in [-0.4, -0.2) is 32.5 Å². The summed E-state index contributed by atoms with van der Waals surface area (Å²) >= 11 is 6.10. The maximum Gasteiger partial charge on any atom is 0.275 e. The molecule has 126 valence electrons. The molecule has 0 aliphatic heterocycles. The molecular formula is C16H15ClN2O5. The van der Waals surface area contributed by atoms with E-state index in [1.54, 1.807) is 13.8 Å². The van der Waals surface area contributed by atoms with Gasteiger partial charge in [-0.1, -0.05) is 11.6 Å². The molecule has 7 nitrogen and oxygen atoms in total. The normalized spacial score (nSPS) is 11.0. The monoisotopic (exact) mass is 350 g/mol. The van der Waals surface area contributed by atoms with Crippen LogP contribution in [0.5, 0.6) is 23.0 Å². The first-order valence-corrected chi connectivity index (χ1v) is 7.17. The van der Waals surface area contributed by atoms with Crippen molar-refractivity contribution in [2.45, 2.75) is 13.8 Å². The van der Waals surface area contributed by atoms with E-state index < -0.39 is 23.2 Å². The lowest BCUT2D eigenvalue weighted by molar-refractivity contribution is 0.0951. The number of phenols is 4. The number of halogens is 1. The molecule has 24 heavy (non-hydrogen) atoms. The number of aryl methyl sites for hydroxylation is 1. The summed E-state index contributed by atoms with van der Waals surface area (Å²) in [6, 6.07) is 3.66. The van der Waals surface area contributed by atoms with Crippen LogP contribution in [0, 0.1) is 13.8 Å². The Morgan fingerprint density at radius 1 is 1.12 bits per heavy atom. The van der Waals surface area contributed by atoms with Crippen LogP contribution < -0.4 is 5.43 Å². The van der Waals surface area contributed by atoms with Crippen LogP contribution in [-0.2, 0) is 0 Å². The fraction of sp³-hybridized carbons (Fsp3) is 0.125. The lowest BCUT2D eigenvalue weighted by Crippen LogP contribution is -2.17. The molecule has 2 aromatic rings. The summed E-state index contributed by atoms with van der Waals surface area (Å²) in [6.45, 7) is 3.44. The van der Waals surface area contributed by atoms with E-state index in [9.17, 15) is 25.2 Å². The molecule has 2 aromatic carbocycles. The predicted molar refractivity (Wildman–Crippen MR) is 89.1 cm³/mol. The van der Waals surface area contributed by atoms with Gasteiger partial charge in [0.2, 0.25) is 5.75 Å². The first-order chi connectivity index (χ1) is 11.2. The lowest BCUT2D eigenvalue weighted by atomic mass is 10.1. The van der Waals surface area contributed by atoms with Crippen molar-refractivity contribution < 1.29 is 25.2 Å². The molecule has 0 aliphatic carbocycles. The zero-order valence-corrected chi connectivity index (χ0v) is 13.6. The number of hydrogen-bond donors (Lipinski definition) is 5. The maximum atomic E-state index is 11.9. The summed E-state index contributed by atoms with van der Waals surface area (Å²) in [5, 5.41) is 42.4. The van der Waals surface area contributed by atoms with Crippen molar-refractivity contribution in [3.8, 4) is 23.0 Å². The molecule has 0 saturated carbocycles. The number of nitrogens with one attached hydrogen (secondary N) is 1. The molecule has 8 heteroatoms. The van der Waals surface area contributed by atoms with Crippen LogP contribution in [0.15, 0.2) is 23.3 Å². The van der Waals surface area contributed by atoms with Crippen LogP contribution in [0.1, 0.15) is 27.0 Å². The number of rotatable bonds is 3. The molecule has 0 unspecified atom stereocenters. The molecule has 0 heterocycles. The molecule has 1 amide bonds. The zero-order chi connectivity index (χ0) is 18.0. The van der Waals surface area contributed by atoms with E-state index in [0.29, 0.717) is 21.7 Å². The van der Waals surface area contributed by atoms with E-state index in [4.69, 9.17) is 11.6 Å². The van der Waals surface area contributed by atoms with E-state index in [1.165, 1.54) is 12.3 Å². The van der Waals surface area contributed by atoms with Crippen molar-refractivity contribution in [2.24, 2.45) is 5.10 Å². The number of carbonyl (C=O) groups excluding carboxylic acids is 1. The van der Waals surface area contributed by atoms with Gasteiger partial charge in [-0.05, 0) is 43.2 Å². The predicted octanol–water partition coefficient (Wildman–Crippen LogP) is 2.54. The first kappa shape index (κ1) is 17.4. The summed E-state index contributed by atoms with van der Waals surface area (Å²) < 4.78 is 0.